The maximum Gasteiger partial charge on any atom is 0.417 e. The maximum absolute atomic E-state index is 12.9. The van der Waals surface area contributed by atoms with E-state index < -0.39 is 28.7 Å². The number of urea groups is 1. The van der Waals surface area contributed by atoms with E-state index in [4.69, 9.17) is 17.3 Å². The van der Waals surface area contributed by atoms with Gasteiger partial charge < -0.3 is 16.4 Å². The molecule has 3 aromatic rings. The van der Waals surface area contributed by atoms with E-state index in [9.17, 15) is 22.8 Å². The van der Waals surface area contributed by atoms with Crippen LogP contribution in [0.25, 0.3) is 0 Å². The highest BCUT2D eigenvalue weighted by Gasteiger charge is 2.33. The molecular formula is C21H16ClF3N4O2. The predicted molar refractivity (Wildman–Crippen MR) is 111 cm³/mol. The summed E-state index contributed by atoms with van der Waals surface area (Å²) in [5.74, 6) is -0.615. The van der Waals surface area contributed by atoms with Crippen molar-refractivity contribution in [2.75, 3.05) is 10.6 Å². The van der Waals surface area contributed by atoms with Crippen LogP contribution in [0.15, 0.2) is 60.8 Å². The van der Waals surface area contributed by atoms with Gasteiger partial charge in [0.25, 0.3) is 5.91 Å². The Balaban J connectivity index is 1.63. The van der Waals surface area contributed by atoms with Crippen LogP contribution in [0.5, 0.6) is 0 Å². The second kappa shape index (κ2) is 9.05. The van der Waals surface area contributed by atoms with Crippen molar-refractivity contribution in [2.45, 2.75) is 12.6 Å². The van der Waals surface area contributed by atoms with Crippen LogP contribution in [-0.2, 0) is 12.6 Å². The molecule has 3 amide bonds. The van der Waals surface area contributed by atoms with Crippen LogP contribution >= 0.6 is 11.6 Å². The van der Waals surface area contributed by atoms with Gasteiger partial charge in [0.2, 0.25) is 0 Å². The summed E-state index contributed by atoms with van der Waals surface area (Å²) in [6, 6.07) is 12.6. The number of benzene rings is 2. The lowest BCUT2D eigenvalue weighted by atomic mass is 10.0. The molecule has 1 aromatic heterocycles. The number of rotatable bonds is 5. The highest BCUT2D eigenvalue weighted by molar-refractivity contribution is 6.31. The lowest BCUT2D eigenvalue weighted by molar-refractivity contribution is -0.137. The maximum atomic E-state index is 12.9. The number of pyridine rings is 1. The number of aromatic nitrogens is 1. The molecular weight excluding hydrogens is 433 g/mol. The standard InChI is InChI=1S/C21H16ClF3N4O2/c22-17-6-5-15(11-16(17)21(23,24)25)29-20(31)28-14-3-1-12(2-4-14)9-13-7-8-27-18(10-13)19(26)30/h1-8,10-11H,9H2,(H2,26,30)(H2,28,29,31). The molecule has 0 aliphatic heterocycles. The highest BCUT2D eigenvalue weighted by Crippen LogP contribution is 2.36. The zero-order valence-electron chi connectivity index (χ0n) is 15.8. The zero-order chi connectivity index (χ0) is 22.6. The number of nitrogens with one attached hydrogen (secondary N) is 2. The molecule has 31 heavy (non-hydrogen) atoms. The van der Waals surface area contributed by atoms with Crippen molar-refractivity contribution >= 4 is 34.9 Å². The molecule has 0 fully saturated rings. The third kappa shape index (κ3) is 5.95. The lowest BCUT2D eigenvalue weighted by Gasteiger charge is -2.12. The fraction of sp³-hybridized carbons (Fsp3) is 0.0952. The molecule has 0 unspecified atom stereocenters. The Morgan fingerprint density at radius 2 is 1.58 bits per heavy atom. The molecule has 0 spiro atoms. The second-order valence-corrected chi connectivity index (χ2v) is 6.97. The van der Waals surface area contributed by atoms with Crippen LogP contribution in [0.1, 0.15) is 27.2 Å². The minimum absolute atomic E-state index is 0.0474. The Morgan fingerprint density at radius 1 is 0.935 bits per heavy atom. The average Bonchev–Trinajstić information content (AvgIpc) is 2.70. The summed E-state index contributed by atoms with van der Waals surface area (Å²) in [7, 11) is 0. The summed E-state index contributed by atoms with van der Waals surface area (Å²) < 4.78 is 38.8. The smallest absolute Gasteiger partial charge is 0.364 e. The molecule has 0 saturated carbocycles. The number of hydrogen-bond donors (Lipinski definition) is 3. The fourth-order valence-corrected chi connectivity index (χ4v) is 3.00. The van der Waals surface area contributed by atoms with E-state index in [2.05, 4.69) is 15.6 Å². The van der Waals surface area contributed by atoms with Crippen molar-refractivity contribution in [3.05, 3.63) is 88.2 Å². The largest absolute Gasteiger partial charge is 0.417 e. The quantitative estimate of drug-likeness (QED) is 0.507. The lowest BCUT2D eigenvalue weighted by Crippen LogP contribution is -2.20. The molecule has 0 aliphatic carbocycles. The number of amides is 3. The number of hydrogen-bond acceptors (Lipinski definition) is 3. The molecule has 3 rings (SSSR count). The third-order valence-electron chi connectivity index (χ3n) is 4.23. The topological polar surface area (TPSA) is 97.1 Å². The number of halogens is 4. The zero-order valence-corrected chi connectivity index (χ0v) is 16.6. The average molecular weight is 449 g/mol. The van der Waals surface area contributed by atoms with Crippen LogP contribution in [0.4, 0.5) is 29.3 Å². The van der Waals surface area contributed by atoms with Gasteiger partial charge in [0.1, 0.15) is 5.69 Å². The van der Waals surface area contributed by atoms with Gasteiger partial charge in [0, 0.05) is 17.6 Å². The molecule has 10 heteroatoms. The summed E-state index contributed by atoms with van der Waals surface area (Å²) in [5.41, 5.74) is 6.50. The molecule has 4 N–H and O–H groups in total. The first-order chi connectivity index (χ1) is 14.6. The molecule has 160 valence electrons. The summed E-state index contributed by atoms with van der Waals surface area (Å²) in [4.78, 5) is 27.2. The number of carbonyl (C=O) groups excluding carboxylic acids is 2. The van der Waals surface area contributed by atoms with Crippen LogP contribution in [0, 0.1) is 0 Å². The van der Waals surface area contributed by atoms with Crippen molar-refractivity contribution < 1.29 is 22.8 Å². The highest BCUT2D eigenvalue weighted by atomic mass is 35.5. The van der Waals surface area contributed by atoms with Gasteiger partial charge in [-0.25, -0.2) is 4.79 Å². The van der Waals surface area contributed by atoms with Gasteiger partial charge in [-0.1, -0.05) is 23.7 Å². The first-order valence-electron chi connectivity index (χ1n) is 8.90. The molecule has 0 atom stereocenters. The van der Waals surface area contributed by atoms with Gasteiger partial charge in [0.15, 0.2) is 0 Å². The van der Waals surface area contributed by atoms with Gasteiger partial charge in [0.05, 0.1) is 10.6 Å². The summed E-state index contributed by atoms with van der Waals surface area (Å²) in [6.45, 7) is 0. The molecule has 0 aliphatic rings. The van der Waals surface area contributed by atoms with Crippen LogP contribution < -0.4 is 16.4 Å². The Morgan fingerprint density at radius 3 is 2.23 bits per heavy atom. The van der Waals surface area contributed by atoms with E-state index in [1.54, 1.807) is 36.4 Å². The minimum Gasteiger partial charge on any atom is -0.364 e. The number of anilines is 2. The van der Waals surface area contributed by atoms with E-state index in [0.29, 0.717) is 12.1 Å². The van der Waals surface area contributed by atoms with Crippen molar-refractivity contribution in [3.8, 4) is 0 Å². The number of carbonyl (C=O) groups is 2. The van der Waals surface area contributed by atoms with Crippen molar-refractivity contribution in [2.24, 2.45) is 5.73 Å². The fourth-order valence-electron chi connectivity index (χ4n) is 2.77. The first-order valence-corrected chi connectivity index (χ1v) is 9.28. The molecule has 2 aromatic carbocycles. The normalized spacial score (nSPS) is 11.1. The van der Waals surface area contributed by atoms with E-state index in [-0.39, 0.29) is 11.4 Å². The molecule has 6 nitrogen and oxygen atoms in total. The summed E-state index contributed by atoms with van der Waals surface area (Å²) in [5, 5.41) is 4.43. The Bertz CT molecular complexity index is 1120. The van der Waals surface area contributed by atoms with Gasteiger partial charge in [-0.15, -0.1) is 0 Å². The van der Waals surface area contributed by atoms with Gasteiger partial charge in [-0.3, -0.25) is 9.78 Å². The van der Waals surface area contributed by atoms with E-state index >= 15 is 0 Å². The van der Waals surface area contributed by atoms with Crippen LogP contribution in [-0.4, -0.2) is 16.9 Å². The molecule has 0 bridgehead atoms. The number of nitrogens with two attached hydrogens (primary N) is 1. The second-order valence-electron chi connectivity index (χ2n) is 6.56. The SMILES string of the molecule is NC(=O)c1cc(Cc2ccc(NC(=O)Nc3ccc(Cl)c(C(F)(F)F)c3)cc2)ccn1. The molecule has 0 radical (unpaired) electrons. The third-order valence-corrected chi connectivity index (χ3v) is 4.56. The number of primary amides is 1. The van der Waals surface area contributed by atoms with E-state index in [0.717, 1.165) is 23.3 Å². The first kappa shape index (κ1) is 22.1. The van der Waals surface area contributed by atoms with Crippen molar-refractivity contribution in [1.82, 2.24) is 4.98 Å². The molecule has 0 saturated heterocycles. The van der Waals surface area contributed by atoms with Gasteiger partial charge >= 0.3 is 12.2 Å². The number of nitrogens with zero attached hydrogens (tertiary/aromatic N) is 1. The molecule has 1 heterocycles. The van der Waals surface area contributed by atoms with E-state index in [1.165, 1.54) is 12.3 Å². The Hall–Kier alpha value is -3.59. The van der Waals surface area contributed by atoms with Gasteiger partial charge in [-0.2, -0.15) is 13.2 Å². The summed E-state index contributed by atoms with van der Waals surface area (Å²) >= 11 is 5.57. The van der Waals surface area contributed by atoms with Crippen LogP contribution in [0.2, 0.25) is 5.02 Å². The summed E-state index contributed by atoms with van der Waals surface area (Å²) in [6.07, 6.45) is -2.62. The predicted octanol–water partition coefficient (Wildman–Crippen LogP) is 5.09. The van der Waals surface area contributed by atoms with Crippen molar-refractivity contribution in [1.29, 1.82) is 0 Å². The van der Waals surface area contributed by atoms with Gasteiger partial charge in [-0.05, 0) is 60.0 Å². The minimum atomic E-state index is -4.63. The Labute approximate surface area is 180 Å². The van der Waals surface area contributed by atoms with Crippen molar-refractivity contribution in [3.63, 3.8) is 0 Å². The number of alkyl halides is 3. The Kier molecular flexibility index (Phi) is 6.45. The van der Waals surface area contributed by atoms with E-state index in [1.807, 2.05) is 0 Å². The van der Waals surface area contributed by atoms with Crippen LogP contribution in [0.3, 0.4) is 0 Å². The monoisotopic (exact) mass is 448 g/mol.